The van der Waals surface area contributed by atoms with E-state index in [0.29, 0.717) is 18.0 Å². The van der Waals surface area contributed by atoms with Gasteiger partial charge in [0.1, 0.15) is 5.69 Å². The third-order valence-corrected chi connectivity index (χ3v) is 2.65. The number of aromatic nitrogens is 2. The molecule has 0 aliphatic heterocycles. The zero-order valence-corrected chi connectivity index (χ0v) is 9.29. The highest BCUT2D eigenvalue weighted by atomic mass is 16.1. The molecule has 80 valence electrons. The molecule has 0 aromatic carbocycles. The second-order valence-corrected chi connectivity index (χ2v) is 4.51. The minimum atomic E-state index is 0.153. The predicted molar refractivity (Wildman–Crippen MR) is 59.7 cm³/mol. The molecule has 0 unspecified atom stereocenters. The molecule has 0 bridgehead atoms. The van der Waals surface area contributed by atoms with Gasteiger partial charge in [-0.3, -0.25) is 4.79 Å². The highest BCUT2D eigenvalue weighted by Gasteiger charge is 2.24. The Morgan fingerprint density at radius 1 is 1.53 bits per heavy atom. The SMILES string of the molecule is C=C1CCC(=O)c2ncn(CC(C)C)c21. The van der Waals surface area contributed by atoms with Crippen molar-refractivity contribution in [2.75, 3.05) is 0 Å². The summed E-state index contributed by atoms with van der Waals surface area (Å²) in [5.41, 5.74) is 2.62. The van der Waals surface area contributed by atoms with E-state index in [4.69, 9.17) is 0 Å². The maximum Gasteiger partial charge on any atom is 0.183 e. The third-order valence-electron chi connectivity index (χ3n) is 2.65. The topological polar surface area (TPSA) is 34.9 Å². The first-order valence-electron chi connectivity index (χ1n) is 5.36. The molecule has 0 saturated heterocycles. The number of hydrogen-bond donors (Lipinski definition) is 0. The van der Waals surface area contributed by atoms with Crippen LogP contribution in [0.4, 0.5) is 0 Å². The van der Waals surface area contributed by atoms with Crippen LogP contribution in [0.2, 0.25) is 0 Å². The molecule has 3 heteroatoms. The Balaban J connectivity index is 2.43. The van der Waals surface area contributed by atoms with Crippen LogP contribution in [0.1, 0.15) is 42.9 Å². The summed E-state index contributed by atoms with van der Waals surface area (Å²) in [6.07, 6.45) is 3.10. The average Bonchev–Trinajstić information content (AvgIpc) is 2.56. The Labute approximate surface area is 89.8 Å². The lowest BCUT2D eigenvalue weighted by molar-refractivity contribution is 0.0976. The number of imidazole rings is 1. The lowest BCUT2D eigenvalue weighted by atomic mass is 9.95. The summed E-state index contributed by atoms with van der Waals surface area (Å²) in [5.74, 6) is 0.702. The molecule has 1 aromatic rings. The van der Waals surface area contributed by atoms with E-state index in [-0.39, 0.29) is 5.78 Å². The predicted octanol–water partition coefficient (Wildman–Crippen LogP) is 2.53. The summed E-state index contributed by atoms with van der Waals surface area (Å²) in [4.78, 5) is 15.8. The van der Waals surface area contributed by atoms with Crippen molar-refractivity contribution in [1.29, 1.82) is 0 Å². The van der Waals surface area contributed by atoms with Crippen molar-refractivity contribution in [1.82, 2.24) is 9.55 Å². The van der Waals surface area contributed by atoms with Gasteiger partial charge in [-0.05, 0) is 17.9 Å². The third kappa shape index (κ3) is 1.74. The molecule has 1 aliphatic carbocycles. The first-order chi connectivity index (χ1) is 7.09. The van der Waals surface area contributed by atoms with Crippen LogP contribution in [0.5, 0.6) is 0 Å². The maximum atomic E-state index is 11.6. The number of ketones is 1. The number of carbonyl (C=O) groups is 1. The van der Waals surface area contributed by atoms with E-state index in [1.165, 1.54) is 0 Å². The molecular weight excluding hydrogens is 188 g/mol. The van der Waals surface area contributed by atoms with Gasteiger partial charge in [-0.25, -0.2) is 4.98 Å². The van der Waals surface area contributed by atoms with Crippen molar-refractivity contribution in [2.24, 2.45) is 5.92 Å². The molecule has 0 fully saturated rings. The summed E-state index contributed by atoms with van der Waals surface area (Å²) in [6.45, 7) is 9.22. The number of carbonyl (C=O) groups excluding carboxylic acids is 1. The standard InChI is InChI=1S/C12H16N2O/c1-8(2)6-14-7-13-11-10(15)5-4-9(3)12(11)14/h7-8H,3-6H2,1-2H3. The summed E-state index contributed by atoms with van der Waals surface area (Å²) < 4.78 is 2.05. The fraction of sp³-hybridized carbons (Fsp3) is 0.500. The Kier molecular flexibility index (Phi) is 2.47. The lowest BCUT2D eigenvalue weighted by Gasteiger charge is -2.16. The largest absolute Gasteiger partial charge is 0.330 e. The number of rotatable bonds is 2. The molecule has 0 spiro atoms. The Morgan fingerprint density at radius 2 is 2.27 bits per heavy atom. The van der Waals surface area contributed by atoms with Crippen LogP contribution in [-0.4, -0.2) is 15.3 Å². The highest BCUT2D eigenvalue weighted by molar-refractivity contribution is 6.01. The first kappa shape index (κ1) is 10.1. The summed E-state index contributed by atoms with van der Waals surface area (Å²) in [6, 6.07) is 0. The van der Waals surface area contributed by atoms with Crippen LogP contribution in [-0.2, 0) is 6.54 Å². The van der Waals surface area contributed by atoms with Gasteiger partial charge < -0.3 is 4.57 Å². The van der Waals surface area contributed by atoms with E-state index >= 15 is 0 Å². The van der Waals surface area contributed by atoms with E-state index in [9.17, 15) is 4.79 Å². The summed E-state index contributed by atoms with van der Waals surface area (Å²) >= 11 is 0. The molecule has 0 saturated carbocycles. The number of allylic oxidation sites excluding steroid dienone is 1. The highest BCUT2D eigenvalue weighted by Crippen LogP contribution is 2.28. The van der Waals surface area contributed by atoms with E-state index in [2.05, 4.69) is 30.0 Å². The molecular formula is C12H16N2O. The van der Waals surface area contributed by atoms with Gasteiger partial charge in [0, 0.05) is 13.0 Å². The smallest absolute Gasteiger partial charge is 0.183 e. The molecule has 2 rings (SSSR count). The molecule has 1 aromatic heterocycles. The van der Waals surface area contributed by atoms with Gasteiger partial charge in [0.2, 0.25) is 0 Å². The van der Waals surface area contributed by atoms with Gasteiger partial charge in [0.15, 0.2) is 5.78 Å². The van der Waals surface area contributed by atoms with Crippen LogP contribution in [0.3, 0.4) is 0 Å². The molecule has 0 amide bonds. The van der Waals surface area contributed by atoms with E-state index in [1.54, 1.807) is 6.33 Å². The second kappa shape index (κ2) is 3.65. The van der Waals surface area contributed by atoms with Gasteiger partial charge in [-0.15, -0.1) is 0 Å². The fourth-order valence-corrected chi connectivity index (χ4v) is 1.99. The summed E-state index contributed by atoms with van der Waals surface area (Å²) in [7, 11) is 0. The van der Waals surface area contributed by atoms with Crippen LogP contribution < -0.4 is 0 Å². The van der Waals surface area contributed by atoms with Gasteiger partial charge in [-0.2, -0.15) is 0 Å². The molecule has 3 nitrogen and oxygen atoms in total. The number of nitrogens with zero attached hydrogens (tertiary/aromatic N) is 2. The average molecular weight is 204 g/mol. The van der Waals surface area contributed by atoms with E-state index in [0.717, 1.165) is 24.2 Å². The zero-order chi connectivity index (χ0) is 11.0. The van der Waals surface area contributed by atoms with Crippen LogP contribution in [0.15, 0.2) is 12.9 Å². The Morgan fingerprint density at radius 3 is 2.93 bits per heavy atom. The molecule has 15 heavy (non-hydrogen) atoms. The van der Waals surface area contributed by atoms with E-state index in [1.807, 2.05) is 0 Å². The van der Waals surface area contributed by atoms with Crippen LogP contribution in [0, 0.1) is 5.92 Å². The maximum absolute atomic E-state index is 11.6. The monoisotopic (exact) mass is 204 g/mol. The quantitative estimate of drug-likeness (QED) is 0.742. The molecule has 0 atom stereocenters. The number of fused-ring (bicyclic) bond motifs is 1. The first-order valence-corrected chi connectivity index (χ1v) is 5.36. The normalized spacial score (nSPS) is 15.9. The van der Waals surface area contributed by atoms with Crippen molar-refractivity contribution in [3.05, 3.63) is 24.3 Å². The molecule has 1 aliphatic rings. The Bertz CT molecular complexity index is 415. The number of hydrogen-bond acceptors (Lipinski definition) is 2. The van der Waals surface area contributed by atoms with Gasteiger partial charge >= 0.3 is 0 Å². The molecule has 0 radical (unpaired) electrons. The minimum Gasteiger partial charge on any atom is -0.330 e. The van der Waals surface area contributed by atoms with E-state index < -0.39 is 0 Å². The number of Topliss-reactive ketones (excluding diaryl/α,β-unsaturated/α-hetero) is 1. The molecule has 0 N–H and O–H groups in total. The van der Waals surface area contributed by atoms with Crippen molar-refractivity contribution in [2.45, 2.75) is 33.2 Å². The van der Waals surface area contributed by atoms with Crippen molar-refractivity contribution in [3.8, 4) is 0 Å². The second-order valence-electron chi connectivity index (χ2n) is 4.51. The minimum absolute atomic E-state index is 0.153. The Hall–Kier alpha value is -1.38. The summed E-state index contributed by atoms with van der Waals surface area (Å²) in [5, 5.41) is 0. The zero-order valence-electron chi connectivity index (χ0n) is 9.29. The van der Waals surface area contributed by atoms with Crippen molar-refractivity contribution < 1.29 is 4.79 Å². The van der Waals surface area contributed by atoms with Crippen LogP contribution in [0.25, 0.3) is 5.57 Å². The van der Waals surface area contributed by atoms with Gasteiger partial charge in [-0.1, -0.05) is 20.4 Å². The fourth-order valence-electron chi connectivity index (χ4n) is 1.99. The lowest BCUT2D eigenvalue weighted by Crippen LogP contribution is -2.14. The van der Waals surface area contributed by atoms with Crippen LogP contribution >= 0.6 is 0 Å². The van der Waals surface area contributed by atoms with Gasteiger partial charge in [0.05, 0.1) is 12.0 Å². The van der Waals surface area contributed by atoms with Crippen molar-refractivity contribution in [3.63, 3.8) is 0 Å². The molecule has 1 heterocycles. The van der Waals surface area contributed by atoms with Crippen molar-refractivity contribution >= 4 is 11.4 Å². The van der Waals surface area contributed by atoms with Gasteiger partial charge in [0.25, 0.3) is 0 Å².